The third-order valence-corrected chi connectivity index (χ3v) is 7.27. The fourth-order valence-electron chi connectivity index (χ4n) is 5.41. The Bertz CT molecular complexity index is 1210. The van der Waals surface area contributed by atoms with Crippen molar-refractivity contribution < 1.29 is 9.21 Å². The standard InChI is InChI=1S/C26H28N4O2/c31-25(19-11-15-30(16-12-19)26-28-23-7-3-4-8-24(23)32-26)29-13-9-18(10-14-29)21-17-27-22-6-2-1-5-20(21)22/h1-8,17-19,27H,9-16H2. The number of piperidine rings is 2. The van der Waals surface area contributed by atoms with Gasteiger partial charge in [0.1, 0.15) is 5.52 Å². The molecule has 0 atom stereocenters. The van der Waals surface area contributed by atoms with Crippen molar-refractivity contribution in [1.82, 2.24) is 14.9 Å². The molecule has 2 fully saturated rings. The Kier molecular flexibility index (Phi) is 4.86. The van der Waals surface area contributed by atoms with E-state index in [0.717, 1.165) is 63.0 Å². The first-order chi connectivity index (χ1) is 15.8. The lowest BCUT2D eigenvalue weighted by molar-refractivity contribution is -0.137. The van der Waals surface area contributed by atoms with Gasteiger partial charge in [0, 0.05) is 49.2 Å². The molecule has 6 nitrogen and oxygen atoms in total. The third kappa shape index (κ3) is 3.44. The molecule has 1 N–H and O–H groups in total. The zero-order chi connectivity index (χ0) is 21.5. The van der Waals surface area contributed by atoms with Crippen LogP contribution in [-0.2, 0) is 4.79 Å². The lowest BCUT2D eigenvalue weighted by Gasteiger charge is -2.37. The van der Waals surface area contributed by atoms with E-state index in [1.165, 1.54) is 16.5 Å². The van der Waals surface area contributed by atoms with Gasteiger partial charge in [-0.3, -0.25) is 4.79 Å². The second-order valence-corrected chi connectivity index (χ2v) is 9.11. The minimum atomic E-state index is 0.111. The fourth-order valence-corrected chi connectivity index (χ4v) is 5.41. The van der Waals surface area contributed by atoms with E-state index in [1.807, 2.05) is 24.3 Å². The quantitative estimate of drug-likeness (QED) is 0.502. The Balaban J connectivity index is 1.06. The van der Waals surface area contributed by atoms with Gasteiger partial charge in [0.2, 0.25) is 5.91 Å². The fraction of sp³-hybridized carbons (Fsp3) is 0.385. The van der Waals surface area contributed by atoms with Crippen molar-refractivity contribution in [3.8, 4) is 0 Å². The molecule has 32 heavy (non-hydrogen) atoms. The van der Waals surface area contributed by atoms with Crippen LogP contribution in [-0.4, -0.2) is 47.0 Å². The summed E-state index contributed by atoms with van der Waals surface area (Å²) >= 11 is 0. The van der Waals surface area contributed by atoms with E-state index in [1.54, 1.807) is 0 Å². The van der Waals surface area contributed by atoms with Gasteiger partial charge in [-0.05, 0) is 55.4 Å². The lowest BCUT2D eigenvalue weighted by Crippen LogP contribution is -2.45. The number of aromatic amines is 1. The van der Waals surface area contributed by atoms with E-state index in [2.05, 4.69) is 50.2 Å². The molecular weight excluding hydrogens is 400 g/mol. The number of hydrogen-bond donors (Lipinski definition) is 1. The summed E-state index contributed by atoms with van der Waals surface area (Å²) in [5.74, 6) is 0.969. The molecule has 2 aromatic heterocycles. The summed E-state index contributed by atoms with van der Waals surface area (Å²) in [7, 11) is 0. The molecule has 6 rings (SSSR count). The first-order valence-electron chi connectivity index (χ1n) is 11.7. The van der Waals surface area contributed by atoms with Gasteiger partial charge in [-0.2, -0.15) is 4.98 Å². The number of fused-ring (bicyclic) bond motifs is 2. The van der Waals surface area contributed by atoms with E-state index in [4.69, 9.17) is 4.42 Å². The number of para-hydroxylation sites is 3. The van der Waals surface area contributed by atoms with Crippen LogP contribution < -0.4 is 4.90 Å². The van der Waals surface area contributed by atoms with Crippen molar-refractivity contribution >= 4 is 33.9 Å². The van der Waals surface area contributed by atoms with Gasteiger partial charge in [0.25, 0.3) is 6.01 Å². The number of H-pyrrole nitrogens is 1. The second-order valence-electron chi connectivity index (χ2n) is 9.11. The van der Waals surface area contributed by atoms with Gasteiger partial charge in [-0.1, -0.05) is 30.3 Å². The number of likely N-dealkylation sites (tertiary alicyclic amines) is 1. The van der Waals surface area contributed by atoms with Gasteiger partial charge in [-0.25, -0.2) is 0 Å². The molecular formula is C26H28N4O2. The monoisotopic (exact) mass is 428 g/mol. The Morgan fingerprint density at radius 3 is 2.50 bits per heavy atom. The summed E-state index contributed by atoms with van der Waals surface area (Å²) in [5.41, 5.74) is 4.31. The van der Waals surface area contributed by atoms with Crippen LogP contribution in [0.25, 0.3) is 22.0 Å². The maximum atomic E-state index is 13.2. The molecule has 4 aromatic rings. The van der Waals surface area contributed by atoms with E-state index in [9.17, 15) is 4.79 Å². The summed E-state index contributed by atoms with van der Waals surface area (Å²) in [6.07, 6.45) is 5.96. The highest BCUT2D eigenvalue weighted by Gasteiger charge is 2.32. The molecule has 0 unspecified atom stereocenters. The number of amides is 1. The molecule has 0 spiro atoms. The molecule has 0 radical (unpaired) electrons. The smallest absolute Gasteiger partial charge is 0.298 e. The minimum absolute atomic E-state index is 0.111. The number of nitrogens with zero attached hydrogens (tertiary/aromatic N) is 3. The highest BCUT2D eigenvalue weighted by molar-refractivity contribution is 5.84. The lowest BCUT2D eigenvalue weighted by atomic mass is 9.88. The van der Waals surface area contributed by atoms with Crippen LogP contribution in [0.1, 0.15) is 37.2 Å². The van der Waals surface area contributed by atoms with Crippen molar-refractivity contribution in [2.24, 2.45) is 5.92 Å². The van der Waals surface area contributed by atoms with E-state index in [-0.39, 0.29) is 5.92 Å². The summed E-state index contributed by atoms with van der Waals surface area (Å²) in [5, 5.41) is 1.32. The normalized spacial score (nSPS) is 18.6. The average Bonchev–Trinajstić information content (AvgIpc) is 3.48. The first kappa shape index (κ1) is 19.4. The number of benzene rings is 2. The van der Waals surface area contributed by atoms with Crippen molar-refractivity contribution in [1.29, 1.82) is 0 Å². The minimum Gasteiger partial charge on any atom is -0.423 e. The first-order valence-corrected chi connectivity index (χ1v) is 11.7. The van der Waals surface area contributed by atoms with Crippen LogP contribution in [0.4, 0.5) is 6.01 Å². The molecule has 2 aliphatic rings. The Labute approximate surface area is 187 Å². The summed E-state index contributed by atoms with van der Waals surface area (Å²) < 4.78 is 5.91. The summed E-state index contributed by atoms with van der Waals surface area (Å²) in [6.45, 7) is 3.34. The van der Waals surface area contributed by atoms with Gasteiger partial charge >= 0.3 is 0 Å². The topological polar surface area (TPSA) is 65.4 Å². The number of aromatic nitrogens is 2. The number of rotatable bonds is 3. The number of anilines is 1. The highest BCUT2D eigenvalue weighted by Crippen LogP contribution is 2.34. The number of oxazole rings is 1. The maximum absolute atomic E-state index is 13.2. The van der Waals surface area contributed by atoms with Crippen LogP contribution in [0.15, 0.2) is 59.1 Å². The number of carbonyl (C=O) groups is 1. The van der Waals surface area contributed by atoms with E-state index >= 15 is 0 Å². The zero-order valence-electron chi connectivity index (χ0n) is 18.2. The van der Waals surface area contributed by atoms with Gasteiger partial charge in [0.15, 0.2) is 5.58 Å². The van der Waals surface area contributed by atoms with Crippen LogP contribution in [0.3, 0.4) is 0 Å². The average molecular weight is 429 g/mol. The summed E-state index contributed by atoms with van der Waals surface area (Å²) in [4.78, 5) is 25.5. The van der Waals surface area contributed by atoms with Crippen LogP contribution in [0.2, 0.25) is 0 Å². The third-order valence-electron chi connectivity index (χ3n) is 7.27. The highest BCUT2D eigenvalue weighted by atomic mass is 16.4. The van der Waals surface area contributed by atoms with Crippen LogP contribution >= 0.6 is 0 Å². The SMILES string of the molecule is O=C(C1CCN(c2nc3ccccc3o2)CC1)N1CCC(c2c[nH]c3ccccc23)CC1. The molecule has 2 saturated heterocycles. The Morgan fingerprint density at radius 1 is 0.938 bits per heavy atom. The molecule has 0 saturated carbocycles. The van der Waals surface area contributed by atoms with Crippen LogP contribution in [0, 0.1) is 5.92 Å². The number of carbonyl (C=O) groups excluding carboxylic acids is 1. The molecule has 0 bridgehead atoms. The number of nitrogens with one attached hydrogen (secondary N) is 1. The van der Waals surface area contributed by atoms with E-state index in [0.29, 0.717) is 17.8 Å². The Morgan fingerprint density at radius 2 is 1.69 bits per heavy atom. The molecule has 6 heteroatoms. The predicted octanol–water partition coefficient (Wildman–Crippen LogP) is 4.93. The van der Waals surface area contributed by atoms with Gasteiger partial charge in [0.05, 0.1) is 0 Å². The number of hydrogen-bond acceptors (Lipinski definition) is 4. The largest absolute Gasteiger partial charge is 0.423 e. The zero-order valence-corrected chi connectivity index (χ0v) is 18.2. The predicted molar refractivity (Wildman–Crippen MR) is 126 cm³/mol. The molecule has 164 valence electrons. The van der Waals surface area contributed by atoms with E-state index < -0.39 is 0 Å². The maximum Gasteiger partial charge on any atom is 0.298 e. The van der Waals surface area contributed by atoms with Gasteiger partial charge < -0.3 is 19.2 Å². The van der Waals surface area contributed by atoms with Crippen molar-refractivity contribution in [2.45, 2.75) is 31.6 Å². The Hall–Kier alpha value is -3.28. The van der Waals surface area contributed by atoms with Crippen molar-refractivity contribution in [3.05, 3.63) is 60.3 Å². The van der Waals surface area contributed by atoms with Gasteiger partial charge in [-0.15, -0.1) is 0 Å². The summed E-state index contributed by atoms with van der Waals surface area (Å²) in [6, 6.07) is 17.0. The second kappa shape index (κ2) is 8.01. The molecule has 2 aliphatic heterocycles. The molecule has 1 amide bonds. The molecule has 0 aliphatic carbocycles. The molecule has 2 aromatic carbocycles. The van der Waals surface area contributed by atoms with Crippen molar-refractivity contribution in [3.63, 3.8) is 0 Å². The van der Waals surface area contributed by atoms with Crippen molar-refractivity contribution in [2.75, 3.05) is 31.1 Å². The van der Waals surface area contributed by atoms with Crippen LogP contribution in [0.5, 0.6) is 0 Å². The molecule has 4 heterocycles.